The van der Waals surface area contributed by atoms with E-state index in [-0.39, 0.29) is 0 Å². The van der Waals surface area contributed by atoms with Gasteiger partial charge in [0.25, 0.3) is 0 Å². The topological polar surface area (TPSA) is 3.01 Å². The molecule has 11 heavy (non-hydrogen) atoms. The Morgan fingerprint density at radius 1 is 1.18 bits per heavy atom. The van der Waals surface area contributed by atoms with Crippen molar-refractivity contribution >= 4 is 0 Å². The molecule has 0 amide bonds. The van der Waals surface area contributed by atoms with Gasteiger partial charge in [-0.15, -0.1) is 0 Å². The molecule has 0 aromatic heterocycles. The fourth-order valence-corrected chi connectivity index (χ4v) is 1.99. The van der Waals surface area contributed by atoms with E-state index in [9.17, 15) is 0 Å². The molecule has 3 rings (SSSR count). The number of hydrogen-bond acceptors (Lipinski definition) is 1. The maximum Gasteiger partial charge on any atom is 0.0268 e. The van der Waals surface area contributed by atoms with Crippen LogP contribution in [0.3, 0.4) is 0 Å². The van der Waals surface area contributed by atoms with Gasteiger partial charge >= 0.3 is 0 Å². The van der Waals surface area contributed by atoms with Gasteiger partial charge in [0.2, 0.25) is 0 Å². The highest BCUT2D eigenvalue weighted by atomic mass is 15.3. The Balaban J connectivity index is 2.07. The predicted octanol–water partition coefficient (Wildman–Crippen LogP) is 1.43. The Morgan fingerprint density at radius 2 is 2.00 bits per heavy atom. The molecule has 2 aliphatic heterocycles. The van der Waals surface area contributed by atoms with Crippen molar-refractivity contribution in [2.75, 3.05) is 6.54 Å². The molecule has 1 aromatic carbocycles. The number of benzene rings is 1. The second kappa shape index (κ2) is 1.86. The first kappa shape index (κ1) is 5.78. The van der Waals surface area contributed by atoms with Crippen LogP contribution in [0.2, 0.25) is 0 Å². The zero-order valence-electron chi connectivity index (χ0n) is 6.46. The molecule has 1 fully saturated rings. The number of rotatable bonds is 0. The van der Waals surface area contributed by atoms with Gasteiger partial charge in [0, 0.05) is 19.1 Å². The molecule has 2 heterocycles. The van der Waals surface area contributed by atoms with Crippen molar-refractivity contribution in [2.24, 2.45) is 0 Å². The molecule has 1 nitrogen and oxygen atoms in total. The summed E-state index contributed by atoms with van der Waals surface area (Å²) in [4.78, 5) is 2.53. The monoisotopic (exact) mass is 145 g/mol. The van der Waals surface area contributed by atoms with Crippen LogP contribution in [0.4, 0.5) is 0 Å². The largest absolute Gasteiger partial charge is 0.293 e. The van der Waals surface area contributed by atoms with Crippen LogP contribution in [-0.4, -0.2) is 17.5 Å². The summed E-state index contributed by atoms with van der Waals surface area (Å²) in [6, 6.07) is 9.71. The van der Waals surface area contributed by atoms with E-state index >= 15 is 0 Å². The van der Waals surface area contributed by atoms with Crippen molar-refractivity contribution in [3.05, 3.63) is 35.4 Å². The molecule has 0 bridgehead atoms. The van der Waals surface area contributed by atoms with Crippen LogP contribution in [0, 0.1) is 0 Å². The van der Waals surface area contributed by atoms with E-state index in [0.29, 0.717) is 0 Å². The van der Waals surface area contributed by atoms with Gasteiger partial charge < -0.3 is 0 Å². The van der Waals surface area contributed by atoms with Crippen molar-refractivity contribution in [3.63, 3.8) is 0 Å². The fraction of sp³-hybridized carbons (Fsp3) is 0.400. The summed E-state index contributed by atoms with van der Waals surface area (Å²) in [5.41, 5.74) is 3.12. The fourth-order valence-electron chi connectivity index (χ4n) is 1.99. The van der Waals surface area contributed by atoms with Crippen LogP contribution < -0.4 is 0 Å². The molecule has 1 heteroatoms. The molecule has 1 unspecified atom stereocenters. The van der Waals surface area contributed by atoms with Gasteiger partial charge in [-0.2, -0.15) is 0 Å². The SMILES string of the molecule is c1ccc2c(c1)C[C@H]1CN1C2. The molecular formula is C10H11N. The lowest BCUT2D eigenvalue weighted by Gasteiger charge is -2.15. The Hall–Kier alpha value is -0.820. The summed E-state index contributed by atoms with van der Waals surface area (Å²) >= 11 is 0. The highest BCUT2D eigenvalue weighted by Gasteiger charge is 2.37. The van der Waals surface area contributed by atoms with Gasteiger partial charge in [0.05, 0.1) is 0 Å². The highest BCUT2D eigenvalue weighted by molar-refractivity contribution is 5.32. The van der Waals surface area contributed by atoms with E-state index in [1.165, 1.54) is 19.5 Å². The first-order valence-corrected chi connectivity index (χ1v) is 4.24. The Morgan fingerprint density at radius 3 is 2.91 bits per heavy atom. The number of hydrogen-bond donors (Lipinski definition) is 0. The van der Waals surface area contributed by atoms with E-state index in [4.69, 9.17) is 0 Å². The summed E-state index contributed by atoms with van der Waals surface area (Å²) in [5, 5.41) is 0. The van der Waals surface area contributed by atoms with Crippen molar-refractivity contribution < 1.29 is 0 Å². The van der Waals surface area contributed by atoms with Crippen LogP contribution in [0.25, 0.3) is 0 Å². The quantitative estimate of drug-likeness (QED) is 0.499. The van der Waals surface area contributed by atoms with Gasteiger partial charge in [-0.25, -0.2) is 0 Å². The Kier molecular flexibility index (Phi) is 0.977. The lowest BCUT2D eigenvalue weighted by molar-refractivity contribution is 0.474. The average Bonchev–Trinajstić information content (AvgIpc) is 2.77. The van der Waals surface area contributed by atoms with E-state index in [0.717, 1.165) is 6.04 Å². The van der Waals surface area contributed by atoms with Gasteiger partial charge in [0.15, 0.2) is 0 Å². The third-order valence-corrected chi connectivity index (χ3v) is 2.78. The summed E-state index contributed by atoms with van der Waals surface area (Å²) in [6.45, 7) is 2.52. The lowest BCUT2D eigenvalue weighted by atomic mass is 10.0. The molecule has 0 radical (unpaired) electrons. The number of fused-ring (bicyclic) bond motifs is 2. The van der Waals surface area contributed by atoms with Gasteiger partial charge in [-0.05, 0) is 17.5 Å². The Bertz CT molecular complexity index is 264. The first-order chi connectivity index (χ1) is 5.43. The third kappa shape index (κ3) is 0.809. The van der Waals surface area contributed by atoms with Crippen molar-refractivity contribution in [2.45, 2.75) is 19.0 Å². The van der Waals surface area contributed by atoms with Gasteiger partial charge in [-0.3, -0.25) is 4.90 Å². The average molecular weight is 145 g/mol. The minimum atomic E-state index is 0.893. The summed E-state index contributed by atoms with van der Waals surface area (Å²) in [6.07, 6.45) is 1.29. The van der Waals surface area contributed by atoms with Crippen molar-refractivity contribution in [3.8, 4) is 0 Å². The molecule has 56 valence electrons. The van der Waals surface area contributed by atoms with Crippen LogP contribution in [0.1, 0.15) is 11.1 Å². The highest BCUT2D eigenvalue weighted by Crippen LogP contribution is 2.31. The van der Waals surface area contributed by atoms with Crippen LogP contribution in [0.15, 0.2) is 24.3 Å². The van der Waals surface area contributed by atoms with E-state index < -0.39 is 0 Å². The summed E-state index contributed by atoms with van der Waals surface area (Å²) < 4.78 is 0. The molecule has 1 aromatic rings. The maximum atomic E-state index is 2.53. The van der Waals surface area contributed by atoms with Crippen LogP contribution in [-0.2, 0) is 13.0 Å². The molecular weight excluding hydrogens is 134 g/mol. The number of nitrogens with zero attached hydrogens (tertiary/aromatic N) is 1. The molecule has 1 saturated heterocycles. The second-order valence-corrected chi connectivity index (χ2v) is 3.56. The zero-order valence-corrected chi connectivity index (χ0v) is 6.46. The van der Waals surface area contributed by atoms with Crippen molar-refractivity contribution in [1.29, 1.82) is 0 Å². The molecule has 2 atom stereocenters. The standard InChI is InChI=1S/C10H11N/c1-2-4-9-6-11-7-10(11)5-8(9)3-1/h1-4,10H,5-7H2/t10-,11?/m0/s1. The minimum absolute atomic E-state index is 0.893. The third-order valence-electron chi connectivity index (χ3n) is 2.78. The lowest BCUT2D eigenvalue weighted by Crippen LogP contribution is -2.13. The first-order valence-electron chi connectivity index (χ1n) is 4.24. The normalized spacial score (nSPS) is 32.4. The molecule has 0 N–H and O–H groups in total. The van der Waals surface area contributed by atoms with E-state index in [1.807, 2.05) is 0 Å². The molecule has 0 aliphatic carbocycles. The molecule has 2 aliphatic rings. The predicted molar refractivity (Wildman–Crippen MR) is 44.3 cm³/mol. The van der Waals surface area contributed by atoms with Crippen LogP contribution >= 0.6 is 0 Å². The maximum absolute atomic E-state index is 2.53. The van der Waals surface area contributed by atoms with Crippen molar-refractivity contribution in [1.82, 2.24) is 4.90 Å². The molecule has 0 saturated carbocycles. The zero-order chi connectivity index (χ0) is 7.26. The second-order valence-electron chi connectivity index (χ2n) is 3.56. The minimum Gasteiger partial charge on any atom is -0.293 e. The smallest absolute Gasteiger partial charge is 0.0268 e. The Labute approximate surface area is 66.6 Å². The molecule has 0 spiro atoms. The van der Waals surface area contributed by atoms with E-state index in [2.05, 4.69) is 29.2 Å². The van der Waals surface area contributed by atoms with E-state index in [1.54, 1.807) is 11.1 Å². The summed E-state index contributed by atoms with van der Waals surface area (Å²) in [5.74, 6) is 0. The van der Waals surface area contributed by atoms with Crippen LogP contribution in [0.5, 0.6) is 0 Å². The van der Waals surface area contributed by atoms with Gasteiger partial charge in [0.1, 0.15) is 0 Å². The summed E-state index contributed by atoms with van der Waals surface area (Å²) in [7, 11) is 0. The van der Waals surface area contributed by atoms with Gasteiger partial charge in [-0.1, -0.05) is 24.3 Å².